The predicted molar refractivity (Wildman–Crippen MR) is 92.3 cm³/mol. The molecule has 1 heterocycles. The van der Waals surface area contributed by atoms with E-state index in [0.717, 1.165) is 11.1 Å². The Labute approximate surface area is 149 Å². The summed E-state index contributed by atoms with van der Waals surface area (Å²) in [6, 6.07) is 9.46. The number of carbonyl (C=O) groups is 1. The lowest BCUT2D eigenvalue weighted by Crippen LogP contribution is -2.34. The lowest BCUT2D eigenvalue weighted by Gasteiger charge is -2.29. The van der Waals surface area contributed by atoms with Crippen LogP contribution in [0.2, 0.25) is 0 Å². The summed E-state index contributed by atoms with van der Waals surface area (Å²) in [4.78, 5) is 20.9. The van der Waals surface area contributed by atoms with Gasteiger partial charge in [0.1, 0.15) is 0 Å². The summed E-state index contributed by atoms with van der Waals surface area (Å²) in [6.07, 6.45) is -1.88. The Balaban J connectivity index is 1.74. The zero-order valence-corrected chi connectivity index (χ0v) is 14.4. The van der Waals surface area contributed by atoms with E-state index < -0.39 is 23.9 Å². The molecule has 1 saturated carbocycles. The van der Waals surface area contributed by atoms with Crippen LogP contribution in [0.5, 0.6) is 0 Å². The Morgan fingerprint density at radius 3 is 2.62 bits per heavy atom. The summed E-state index contributed by atoms with van der Waals surface area (Å²) in [5.41, 5.74) is 2.43. The number of nitrogens with one attached hydrogen (secondary N) is 1. The zero-order valence-electron chi connectivity index (χ0n) is 14.4. The third-order valence-corrected chi connectivity index (χ3v) is 4.76. The van der Waals surface area contributed by atoms with Gasteiger partial charge < -0.3 is 0 Å². The molecule has 1 aromatic carbocycles. The molecule has 26 heavy (non-hydrogen) atoms. The fraction of sp³-hybridized carbons (Fsp3) is 0.421. The largest absolute Gasteiger partial charge is 0.391 e. The maximum atomic E-state index is 12.9. The molecule has 2 atom stereocenters. The van der Waals surface area contributed by atoms with Gasteiger partial charge in [0.2, 0.25) is 11.9 Å². The number of hydrogen-bond donors (Lipinski definition) is 1. The van der Waals surface area contributed by atoms with E-state index in [2.05, 4.69) is 15.3 Å². The number of halogens is 3. The number of hydrogen-bond acceptors (Lipinski definition) is 3. The van der Waals surface area contributed by atoms with Crippen molar-refractivity contribution in [1.82, 2.24) is 9.97 Å². The Kier molecular flexibility index (Phi) is 5.25. The molecular formula is C19H20F3N3O. The second-order valence-corrected chi connectivity index (χ2v) is 6.68. The van der Waals surface area contributed by atoms with Crippen LogP contribution in [0.25, 0.3) is 11.3 Å². The van der Waals surface area contributed by atoms with Gasteiger partial charge in [0.05, 0.1) is 11.6 Å². The number of carbonyl (C=O) groups excluding carboxylic acids is 1. The van der Waals surface area contributed by atoms with Crippen molar-refractivity contribution in [1.29, 1.82) is 0 Å². The quantitative estimate of drug-likeness (QED) is 0.855. The number of amides is 1. The van der Waals surface area contributed by atoms with Gasteiger partial charge in [0, 0.05) is 17.7 Å². The van der Waals surface area contributed by atoms with Crippen molar-refractivity contribution in [3.8, 4) is 11.3 Å². The molecule has 1 aromatic heterocycles. The van der Waals surface area contributed by atoms with Crippen LogP contribution in [0.4, 0.5) is 19.1 Å². The number of nitrogens with zero attached hydrogens (tertiary/aromatic N) is 2. The monoisotopic (exact) mass is 363 g/mol. The van der Waals surface area contributed by atoms with Gasteiger partial charge in [-0.2, -0.15) is 13.2 Å². The highest BCUT2D eigenvalue weighted by Gasteiger charge is 2.43. The van der Waals surface area contributed by atoms with Crippen molar-refractivity contribution in [2.45, 2.75) is 38.8 Å². The van der Waals surface area contributed by atoms with Gasteiger partial charge in [-0.15, -0.1) is 0 Å². The maximum absolute atomic E-state index is 12.9. The molecule has 1 N–H and O–H groups in total. The SMILES string of the molecule is Cc1cnc(NC(=O)C2CCCC(C(F)(F)F)C2)nc1-c1ccccc1. The fourth-order valence-corrected chi connectivity index (χ4v) is 3.33. The molecule has 1 amide bonds. The molecule has 0 spiro atoms. The van der Waals surface area contributed by atoms with Crippen molar-refractivity contribution in [2.75, 3.05) is 5.32 Å². The zero-order chi connectivity index (χ0) is 18.7. The van der Waals surface area contributed by atoms with E-state index in [0.29, 0.717) is 18.5 Å². The standard InChI is InChI=1S/C19H20F3N3O/c1-12-11-23-18(24-16(12)13-6-3-2-4-7-13)25-17(26)14-8-5-9-15(10-14)19(20,21)22/h2-4,6-7,11,14-15H,5,8-10H2,1H3,(H,23,24,25,26). The third kappa shape index (κ3) is 4.20. The second kappa shape index (κ2) is 7.43. The molecule has 1 fully saturated rings. The van der Waals surface area contributed by atoms with E-state index >= 15 is 0 Å². The third-order valence-electron chi connectivity index (χ3n) is 4.76. The molecule has 2 aromatic rings. The van der Waals surface area contributed by atoms with Crippen LogP contribution in [0, 0.1) is 18.8 Å². The molecule has 3 rings (SSSR count). The first kappa shape index (κ1) is 18.4. The van der Waals surface area contributed by atoms with E-state index in [9.17, 15) is 18.0 Å². The Hall–Kier alpha value is -2.44. The fourth-order valence-electron chi connectivity index (χ4n) is 3.33. The van der Waals surface area contributed by atoms with Crippen LogP contribution >= 0.6 is 0 Å². The Bertz CT molecular complexity index is 777. The number of alkyl halides is 3. The number of aromatic nitrogens is 2. The minimum atomic E-state index is -4.25. The minimum absolute atomic E-state index is 0.0897. The first-order chi connectivity index (χ1) is 12.3. The van der Waals surface area contributed by atoms with Crippen LogP contribution in [-0.2, 0) is 4.79 Å². The van der Waals surface area contributed by atoms with Crippen LogP contribution < -0.4 is 5.32 Å². The lowest BCUT2D eigenvalue weighted by molar-refractivity contribution is -0.185. The van der Waals surface area contributed by atoms with E-state index in [1.807, 2.05) is 37.3 Å². The molecule has 0 bridgehead atoms. The van der Waals surface area contributed by atoms with Crippen LogP contribution in [0.1, 0.15) is 31.2 Å². The second-order valence-electron chi connectivity index (χ2n) is 6.68. The Morgan fingerprint density at radius 1 is 1.19 bits per heavy atom. The molecule has 138 valence electrons. The van der Waals surface area contributed by atoms with E-state index in [-0.39, 0.29) is 18.8 Å². The lowest BCUT2D eigenvalue weighted by atomic mass is 9.80. The average molecular weight is 363 g/mol. The summed E-state index contributed by atoms with van der Waals surface area (Å²) < 4.78 is 38.8. The number of anilines is 1. The molecular weight excluding hydrogens is 343 g/mol. The van der Waals surface area contributed by atoms with Crippen LogP contribution in [0.3, 0.4) is 0 Å². The highest BCUT2D eigenvalue weighted by atomic mass is 19.4. The van der Waals surface area contributed by atoms with Crippen molar-refractivity contribution in [3.05, 3.63) is 42.1 Å². The maximum Gasteiger partial charge on any atom is 0.391 e. The molecule has 0 saturated heterocycles. The minimum Gasteiger partial charge on any atom is -0.294 e. The molecule has 4 nitrogen and oxygen atoms in total. The van der Waals surface area contributed by atoms with Gasteiger partial charge in [-0.25, -0.2) is 9.97 Å². The molecule has 7 heteroatoms. The smallest absolute Gasteiger partial charge is 0.294 e. The van der Waals surface area contributed by atoms with E-state index in [4.69, 9.17) is 0 Å². The molecule has 1 aliphatic rings. The van der Waals surface area contributed by atoms with Crippen molar-refractivity contribution >= 4 is 11.9 Å². The van der Waals surface area contributed by atoms with Crippen LogP contribution in [0.15, 0.2) is 36.5 Å². The summed E-state index contributed by atoms with van der Waals surface area (Å²) >= 11 is 0. The highest BCUT2D eigenvalue weighted by molar-refractivity contribution is 5.91. The first-order valence-corrected chi connectivity index (χ1v) is 8.61. The first-order valence-electron chi connectivity index (χ1n) is 8.61. The summed E-state index contributed by atoms with van der Waals surface area (Å²) in [6.45, 7) is 1.86. The number of rotatable bonds is 3. The molecule has 0 radical (unpaired) electrons. The normalized spacial score (nSPS) is 20.6. The molecule has 2 unspecified atom stereocenters. The molecule has 0 aliphatic heterocycles. The topological polar surface area (TPSA) is 54.9 Å². The summed E-state index contributed by atoms with van der Waals surface area (Å²) in [5, 5.41) is 2.59. The highest BCUT2D eigenvalue weighted by Crippen LogP contribution is 2.40. The van der Waals surface area contributed by atoms with Crippen molar-refractivity contribution < 1.29 is 18.0 Å². The van der Waals surface area contributed by atoms with E-state index in [1.54, 1.807) is 6.20 Å². The Morgan fingerprint density at radius 2 is 1.92 bits per heavy atom. The van der Waals surface area contributed by atoms with Crippen molar-refractivity contribution in [2.24, 2.45) is 11.8 Å². The van der Waals surface area contributed by atoms with Gasteiger partial charge in [-0.05, 0) is 31.7 Å². The summed E-state index contributed by atoms with van der Waals surface area (Å²) in [5.74, 6) is -2.40. The summed E-state index contributed by atoms with van der Waals surface area (Å²) in [7, 11) is 0. The van der Waals surface area contributed by atoms with E-state index in [1.165, 1.54) is 0 Å². The van der Waals surface area contributed by atoms with Gasteiger partial charge in [-0.3, -0.25) is 10.1 Å². The van der Waals surface area contributed by atoms with Crippen molar-refractivity contribution in [3.63, 3.8) is 0 Å². The van der Waals surface area contributed by atoms with Gasteiger partial charge in [0.15, 0.2) is 0 Å². The van der Waals surface area contributed by atoms with Gasteiger partial charge in [-0.1, -0.05) is 36.8 Å². The average Bonchev–Trinajstić information content (AvgIpc) is 2.63. The van der Waals surface area contributed by atoms with Gasteiger partial charge >= 0.3 is 6.18 Å². The number of aryl methyl sites for hydroxylation is 1. The van der Waals surface area contributed by atoms with Gasteiger partial charge in [0.25, 0.3) is 0 Å². The molecule has 1 aliphatic carbocycles. The number of benzene rings is 1. The predicted octanol–water partition coefficient (Wildman–Crippen LogP) is 4.76. The van der Waals surface area contributed by atoms with Crippen LogP contribution in [-0.4, -0.2) is 22.1 Å².